The van der Waals surface area contributed by atoms with Gasteiger partial charge >= 0.3 is 35.5 Å². The number of hydrogen-bond acceptors (Lipinski definition) is 7. The third kappa shape index (κ3) is 7.63. The largest absolute Gasteiger partial charge is 1.00 e. The zero-order valence-electron chi connectivity index (χ0n) is 26.1. The maximum Gasteiger partial charge on any atom is 1.00 e. The van der Waals surface area contributed by atoms with E-state index in [0.717, 1.165) is 15.8 Å². The maximum atomic E-state index is 13.6. The molecule has 13 heteroatoms. The average molecular weight is 658 g/mol. The Morgan fingerprint density at radius 2 is 1.59 bits per heavy atom. The third-order valence-electron chi connectivity index (χ3n) is 8.83. The number of nitrogens with one attached hydrogen (secondary N) is 2. The molecule has 1 fully saturated rings. The third-order valence-corrected chi connectivity index (χ3v) is 10.1. The number of aliphatic carboxylic acids is 1. The number of carbonyl (C=O) groups is 4. The van der Waals surface area contributed by atoms with Crippen LogP contribution in [0, 0.1) is 17.8 Å². The van der Waals surface area contributed by atoms with Crippen molar-refractivity contribution >= 4 is 42.1 Å². The fraction of sp³-hybridized carbons (Fsp3) is 0.394. The standard InChI is InChI=1S/C33H38N3O8P.Na/c1-19(2)18-25-22(16-17-36-31(38)23-12-6-10-21-11-7-13-24(27(21)23)32(36)39)30(45(42,43)44)35-28(25)29(37)34-26(33(40)41)15-14-20-8-4-3-5-9-20;/h3-13,19,22,25-26,28,30,35H,14-18H2,1-2H3,(H,34,37)(H,40,41)(H2,42,43,44);/q;+1/p-1/t22-,25-,26+,28-,30-;/m1./s1. The Hall–Kier alpha value is -2.89. The first kappa shape index (κ1) is 36.0. The molecule has 1 saturated heterocycles. The topological polar surface area (TPSA) is 176 Å². The van der Waals surface area contributed by atoms with Crippen molar-refractivity contribution in [1.82, 2.24) is 15.5 Å². The van der Waals surface area contributed by atoms with Gasteiger partial charge in [-0.25, -0.2) is 4.79 Å². The van der Waals surface area contributed by atoms with Gasteiger partial charge in [0, 0.05) is 23.1 Å². The minimum atomic E-state index is -5.07. The molecule has 11 nitrogen and oxygen atoms in total. The fourth-order valence-electron chi connectivity index (χ4n) is 6.78. The van der Waals surface area contributed by atoms with Crippen LogP contribution in [-0.2, 0) is 20.6 Å². The summed E-state index contributed by atoms with van der Waals surface area (Å²) in [7, 11) is -5.07. The normalized spacial score (nSPS) is 22.8. The van der Waals surface area contributed by atoms with Gasteiger partial charge in [0.1, 0.15) is 13.6 Å². The SMILES string of the molecule is CC(C)C[C@@H]1[C@@H](CCN2C(=O)c3cccc4cccc(c34)C2=O)[C@@H](P(=O)([O-])O)N[C@H]1C(=O)N[C@@H](CCc1ccccc1)C(=O)O.[Na+]. The molecule has 0 spiro atoms. The summed E-state index contributed by atoms with van der Waals surface area (Å²) in [6.45, 7) is 3.68. The van der Waals surface area contributed by atoms with Crippen LogP contribution in [0.3, 0.4) is 0 Å². The van der Waals surface area contributed by atoms with E-state index in [0.29, 0.717) is 29.4 Å². The van der Waals surface area contributed by atoms with Gasteiger partial charge in [0.2, 0.25) is 5.91 Å². The quantitative estimate of drug-likeness (QED) is 0.120. The number of nitrogens with zero attached hydrogens (tertiary/aromatic N) is 1. The summed E-state index contributed by atoms with van der Waals surface area (Å²) < 4.78 is 12.7. The van der Waals surface area contributed by atoms with E-state index in [4.69, 9.17) is 0 Å². The molecule has 0 bridgehead atoms. The molecule has 1 unspecified atom stereocenters. The molecule has 238 valence electrons. The first-order valence-corrected chi connectivity index (χ1v) is 16.8. The number of hydrogen-bond donors (Lipinski definition) is 4. The van der Waals surface area contributed by atoms with Crippen LogP contribution in [0.25, 0.3) is 10.8 Å². The summed E-state index contributed by atoms with van der Waals surface area (Å²) in [6, 6.07) is 17.3. The molecular weight excluding hydrogens is 620 g/mol. The molecule has 5 rings (SSSR count). The molecule has 2 heterocycles. The molecule has 3 aromatic carbocycles. The van der Waals surface area contributed by atoms with Gasteiger partial charge in [-0.05, 0) is 66.5 Å². The summed E-state index contributed by atoms with van der Waals surface area (Å²) in [5.74, 6) is -5.93. The number of carboxylic acid groups (broad SMARTS) is 1. The number of carboxylic acids is 1. The molecule has 2 aliphatic heterocycles. The van der Waals surface area contributed by atoms with Gasteiger partial charge < -0.3 is 24.8 Å². The molecule has 0 saturated carbocycles. The zero-order valence-corrected chi connectivity index (χ0v) is 29.0. The first-order valence-electron chi connectivity index (χ1n) is 15.1. The van der Waals surface area contributed by atoms with Crippen molar-refractivity contribution in [2.45, 2.75) is 57.4 Å². The number of rotatable bonds is 12. The molecule has 0 aromatic heterocycles. The monoisotopic (exact) mass is 657 g/mol. The van der Waals surface area contributed by atoms with Crippen LogP contribution in [-0.4, -0.2) is 63.0 Å². The van der Waals surface area contributed by atoms with Crippen LogP contribution in [0.2, 0.25) is 0 Å². The van der Waals surface area contributed by atoms with Crippen LogP contribution in [0.4, 0.5) is 0 Å². The molecule has 3 aromatic rings. The maximum absolute atomic E-state index is 13.6. The van der Waals surface area contributed by atoms with Crippen LogP contribution in [0.1, 0.15) is 59.4 Å². The number of benzene rings is 3. The number of amides is 3. The van der Waals surface area contributed by atoms with Crippen molar-refractivity contribution in [3.8, 4) is 0 Å². The summed E-state index contributed by atoms with van der Waals surface area (Å²) in [5, 5.41) is 16.5. The van der Waals surface area contributed by atoms with Crippen molar-refractivity contribution in [3.63, 3.8) is 0 Å². The van der Waals surface area contributed by atoms with Gasteiger partial charge in [-0.2, -0.15) is 0 Å². The molecule has 2 aliphatic rings. The fourth-order valence-corrected chi connectivity index (χ4v) is 7.99. The van der Waals surface area contributed by atoms with E-state index in [1.165, 1.54) is 0 Å². The molecule has 46 heavy (non-hydrogen) atoms. The van der Waals surface area contributed by atoms with Crippen LogP contribution < -0.4 is 45.1 Å². The van der Waals surface area contributed by atoms with Crippen molar-refractivity contribution in [3.05, 3.63) is 83.4 Å². The number of aryl methyl sites for hydroxylation is 1. The summed E-state index contributed by atoms with van der Waals surface area (Å²) in [5.41, 5.74) is 1.64. The second-order valence-electron chi connectivity index (χ2n) is 12.3. The predicted molar refractivity (Wildman–Crippen MR) is 165 cm³/mol. The van der Waals surface area contributed by atoms with Crippen LogP contribution >= 0.6 is 7.60 Å². The van der Waals surface area contributed by atoms with Crippen LogP contribution in [0.5, 0.6) is 0 Å². The van der Waals surface area contributed by atoms with E-state index in [1.54, 1.807) is 24.3 Å². The van der Waals surface area contributed by atoms with Gasteiger partial charge in [0.05, 0.1) is 11.8 Å². The Labute approximate surface area is 289 Å². The van der Waals surface area contributed by atoms with E-state index < -0.39 is 61.0 Å². The second-order valence-corrected chi connectivity index (χ2v) is 14.0. The van der Waals surface area contributed by atoms with Gasteiger partial charge in [0.15, 0.2) is 0 Å². The van der Waals surface area contributed by atoms with E-state index in [-0.39, 0.29) is 54.9 Å². The van der Waals surface area contributed by atoms with E-state index in [1.807, 2.05) is 56.3 Å². The molecule has 0 aliphatic carbocycles. The summed E-state index contributed by atoms with van der Waals surface area (Å²) in [4.78, 5) is 76.6. The Bertz CT molecular complexity index is 1610. The van der Waals surface area contributed by atoms with Crippen molar-refractivity contribution < 1.29 is 68.2 Å². The minimum Gasteiger partial charge on any atom is -0.778 e. The Morgan fingerprint density at radius 1 is 0.978 bits per heavy atom. The van der Waals surface area contributed by atoms with Gasteiger partial charge in [-0.15, -0.1) is 0 Å². The molecule has 0 radical (unpaired) electrons. The average Bonchev–Trinajstić information content (AvgIpc) is 3.36. The summed E-state index contributed by atoms with van der Waals surface area (Å²) in [6.07, 6.45) is 0.890. The Kier molecular flexibility index (Phi) is 11.6. The number of carbonyl (C=O) groups excluding carboxylic acids is 3. The van der Waals surface area contributed by atoms with E-state index in [9.17, 15) is 38.6 Å². The number of imide groups is 1. The van der Waals surface area contributed by atoms with E-state index >= 15 is 0 Å². The Balaban J connectivity index is 0.00000480. The van der Waals surface area contributed by atoms with Gasteiger partial charge in [0.25, 0.3) is 11.8 Å². The van der Waals surface area contributed by atoms with Crippen molar-refractivity contribution in [2.75, 3.05) is 6.54 Å². The molecule has 6 atom stereocenters. The van der Waals surface area contributed by atoms with Crippen LogP contribution in [0.15, 0.2) is 66.7 Å². The smallest absolute Gasteiger partial charge is 0.778 e. The molecule has 3 amide bonds. The van der Waals surface area contributed by atoms with E-state index in [2.05, 4.69) is 10.6 Å². The molecular formula is C33H37N3NaO8P. The second kappa shape index (κ2) is 14.9. The molecule has 4 N–H and O–H groups in total. The predicted octanol–water partition coefficient (Wildman–Crippen LogP) is 0.154. The van der Waals surface area contributed by atoms with Crippen molar-refractivity contribution in [2.24, 2.45) is 17.8 Å². The van der Waals surface area contributed by atoms with Crippen molar-refractivity contribution in [1.29, 1.82) is 0 Å². The van der Waals surface area contributed by atoms with Gasteiger partial charge in [-0.3, -0.25) is 24.6 Å². The van der Waals surface area contributed by atoms with Gasteiger partial charge in [-0.1, -0.05) is 68.4 Å². The summed E-state index contributed by atoms with van der Waals surface area (Å²) >= 11 is 0. The Morgan fingerprint density at radius 3 is 2.13 bits per heavy atom. The zero-order chi connectivity index (χ0) is 32.5. The first-order chi connectivity index (χ1) is 21.4. The minimum absolute atomic E-state index is 0.